The van der Waals surface area contributed by atoms with Gasteiger partial charge < -0.3 is 29.1 Å². The van der Waals surface area contributed by atoms with E-state index in [1.54, 1.807) is 45.5 Å². The molecule has 0 radical (unpaired) electrons. The highest BCUT2D eigenvalue weighted by Gasteiger charge is 2.59. The van der Waals surface area contributed by atoms with Crippen molar-refractivity contribution in [3.05, 3.63) is 29.3 Å². The second kappa shape index (κ2) is 10.0. The van der Waals surface area contributed by atoms with E-state index in [0.29, 0.717) is 12.0 Å². The van der Waals surface area contributed by atoms with Gasteiger partial charge in [-0.15, -0.1) is 0 Å². The fourth-order valence-corrected chi connectivity index (χ4v) is 3.15. The number of hydrogen-bond acceptors (Lipinski definition) is 6. The van der Waals surface area contributed by atoms with Crippen LogP contribution in [0.2, 0.25) is 0 Å². The monoisotopic (exact) mass is 365 g/mol. The fraction of sp³-hybridized carbons (Fsp3) is 0.526. The largest absolute Gasteiger partial charge is 0.508 e. The Balaban J connectivity index is 0.000000499. The number of methoxy groups -OCH3 is 2. The number of aromatic hydroxyl groups is 1. The van der Waals surface area contributed by atoms with E-state index in [9.17, 15) is 19.5 Å². The van der Waals surface area contributed by atoms with E-state index < -0.39 is 11.6 Å². The van der Waals surface area contributed by atoms with Crippen LogP contribution in [0.15, 0.2) is 18.2 Å². The van der Waals surface area contributed by atoms with Crippen molar-refractivity contribution in [1.82, 2.24) is 4.90 Å². The van der Waals surface area contributed by atoms with Crippen molar-refractivity contribution in [2.75, 3.05) is 28.4 Å². The number of benzene rings is 1. The van der Waals surface area contributed by atoms with E-state index in [-0.39, 0.29) is 18.1 Å². The molecule has 26 heavy (non-hydrogen) atoms. The highest BCUT2D eigenvalue weighted by Crippen LogP contribution is 2.57. The Bertz CT molecular complexity index is 624. The number of ether oxygens (including phenoxy) is 2. The standard InChI is InChI=1S/C15H15NO4.2C2H6O/c17-7-1-2-10(9-18)16-14(20)12-4-3-11(19)8-13(12)15(16)5-6-15;2*1-3-2/h3-4,7-10,19H,1-2,5-6H2;2*1-2H3. The Morgan fingerprint density at radius 2 is 1.77 bits per heavy atom. The summed E-state index contributed by atoms with van der Waals surface area (Å²) < 4.78 is 8.50. The topological polar surface area (TPSA) is 93.1 Å². The molecule has 7 heteroatoms. The van der Waals surface area contributed by atoms with Gasteiger partial charge in [-0.3, -0.25) is 4.79 Å². The molecule has 1 atom stereocenters. The summed E-state index contributed by atoms with van der Waals surface area (Å²) >= 11 is 0. The van der Waals surface area contributed by atoms with E-state index in [0.717, 1.165) is 31.0 Å². The molecule has 2 aliphatic rings. The second-order valence-electron chi connectivity index (χ2n) is 6.20. The Morgan fingerprint density at radius 1 is 1.19 bits per heavy atom. The zero-order valence-electron chi connectivity index (χ0n) is 15.7. The molecule has 0 bridgehead atoms. The first-order chi connectivity index (χ1) is 12.5. The van der Waals surface area contributed by atoms with E-state index in [4.69, 9.17) is 0 Å². The summed E-state index contributed by atoms with van der Waals surface area (Å²) in [6, 6.07) is 4.12. The molecule has 1 N–H and O–H groups in total. The normalized spacial score (nSPS) is 16.6. The Morgan fingerprint density at radius 3 is 2.23 bits per heavy atom. The number of amides is 1. The van der Waals surface area contributed by atoms with Crippen molar-refractivity contribution in [2.45, 2.75) is 37.3 Å². The first-order valence-electron chi connectivity index (χ1n) is 8.33. The lowest BCUT2D eigenvalue weighted by Gasteiger charge is -2.30. The van der Waals surface area contributed by atoms with Crippen molar-refractivity contribution >= 4 is 18.5 Å². The van der Waals surface area contributed by atoms with Crippen LogP contribution in [-0.2, 0) is 24.6 Å². The van der Waals surface area contributed by atoms with Crippen LogP contribution in [0.1, 0.15) is 41.6 Å². The van der Waals surface area contributed by atoms with Gasteiger partial charge in [-0.25, -0.2) is 0 Å². The van der Waals surface area contributed by atoms with Crippen molar-refractivity contribution in [3.8, 4) is 5.75 Å². The van der Waals surface area contributed by atoms with E-state index >= 15 is 0 Å². The predicted molar refractivity (Wildman–Crippen MR) is 96.2 cm³/mol. The molecule has 1 spiro atoms. The van der Waals surface area contributed by atoms with Gasteiger partial charge in [0.05, 0.1) is 11.6 Å². The Kier molecular flexibility index (Phi) is 8.41. The molecule has 1 heterocycles. The molecule has 1 aromatic carbocycles. The molecule has 1 aromatic rings. The number of nitrogens with zero attached hydrogens (tertiary/aromatic N) is 1. The number of phenolic OH excluding ortho intramolecular Hbond substituents is 1. The number of phenols is 1. The van der Waals surface area contributed by atoms with Gasteiger partial charge in [-0.1, -0.05) is 0 Å². The highest BCUT2D eigenvalue weighted by atomic mass is 16.5. The number of aldehydes is 2. The molecule has 1 aliphatic heterocycles. The molecule has 7 nitrogen and oxygen atoms in total. The summed E-state index contributed by atoms with van der Waals surface area (Å²) in [5.74, 6) is -0.0549. The van der Waals surface area contributed by atoms with Crippen molar-refractivity contribution < 1.29 is 29.0 Å². The number of fused-ring (bicyclic) bond motifs is 2. The molecule has 144 valence electrons. The average Bonchev–Trinajstić information content (AvgIpc) is 3.36. The summed E-state index contributed by atoms with van der Waals surface area (Å²) in [7, 11) is 6.50. The van der Waals surface area contributed by atoms with E-state index in [1.165, 1.54) is 6.07 Å². The van der Waals surface area contributed by atoms with Gasteiger partial charge in [-0.2, -0.15) is 0 Å². The zero-order chi connectivity index (χ0) is 19.7. The van der Waals surface area contributed by atoms with Gasteiger partial charge >= 0.3 is 0 Å². The van der Waals surface area contributed by atoms with Gasteiger partial charge in [0.2, 0.25) is 0 Å². The van der Waals surface area contributed by atoms with Crippen molar-refractivity contribution in [2.24, 2.45) is 0 Å². The average molecular weight is 365 g/mol. The van der Waals surface area contributed by atoms with Crippen LogP contribution < -0.4 is 0 Å². The number of carbonyl (C=O) groups excluding carboxylic acids is 3. The van der Waals surface area contributed by atoms with Crippen LogP contribution in [0.3, 0.4) is 0 Å². The van der Waals surface area contributed by atoms with Gasteiger partial charge in [0.1, 0.15) is 18.3 Å². The molecule has 3 rings (SSSR count). The third-order valence-corrected chi connectivity index (χ3v) is 4.21. The maximum atomic E-state index is 12.5. The molecular formula is C19H27NO6. The number of carbonyl (C=O) groups is 3. The van der Waals surface area contributed by atoms with Crippen LogP contribution >= 0.6 is 0 Å². The molecule has 0 aromatic heterocycles. The van der Waals surface area contributed by atoms with Crippen molar-refractivity contribution in [1.29, 1.82) is 0 Å². The SMILES string of the molecule is COC.COC.O=CCCC(C=O)N1C(=O)c2ccc(O)cc2C12CC2. The lowest BCUT2D eigenvalue weighted by atomic mass is 10.0. The summed E-state index contributed by atoms with van der Waals surface area (Å²) in [6.07, 6.45) is 3.69. The molecular weight excluding hydrogens is 338 g/mol. The van der Waals surface area contributed by atoms with Crippen LogP contribution in [0, 0.1) is 0 Å². The van der Waals surface area contributed by atoms with E-state index in [2.05, 4.69) is 9.47 Å². The molecule has 1 unspecified atom stereocenters. The zero-order valence-corrected chi connectivity index (χ0v) is 15.7. The lowest BCUT2D eigenvalue weighted by Crippen LogP contribution is -2.43. The number of hydrogen-bond donors (Lipinski definition) is 1. The summed E-state index contributed by atoms with van der Waals surface area (Å²) in [4.78, 5) is 36.0. The minimum Gasteiger partial charge on any atom is -0.508 e. The smallest absolute Gasteiger partial charge is 0.255 e. The number of rotatable bonds is 5. The maximum Gasteiger partial charge on any atom is 0.255 e. The fourth-order valence-electron chi connectivity index (χ4n) is 3.15. The van der Waals surface area contributed by atoms with Crippen LogP contribution in [0.5, 0.6) is 5.75 Å². The van der Waals surface area contributed by atoms with Crippen LogP contribution in [0.25, 0.3) is 0 Å². The minimum absolute atomic E-state index is 0.125. The Labute approximate surface area is 153 Å². The third kappa shape index (κ3) is 4.47. The molecule has 1 saturated carbocycles. The van der Waals surface area contributed by atoms with Crippen molar-refractivity contribution in [3.63, 3.8) is 0 Å². The summed E-state index contributed by atoms with van der Waals surface area (Å²) in [6.45, 7) is 0. The lowest BCUT2D eigenvalue weighted by molar-refractivity contribution is -0.113. The molecule has 1 amide bonds. The first kappa shape index (κ1) is 21.8. The van der Waals surface area contributed by atoms with Gasteiger partial charge in [-0.05, 0) is 43.0 Å². The van der Waals surface area contributed by atoms with Gasteiger partial charge in [0.25, 0.3) is 5.91 Å². The quantitative estimate of drug-likeness (QED) is 0.801. The Hall–Kier alpha value is -2.25. The first-order valence-corrected chi connectivity index (χ1v) is 8.33. The molecule has 1 aliphatic carbocycles. The third-order valence-electron chi connectivity index (χ3n) is 4.21. The maximum absolute atomic E-state index is 12.5. The summed E-state index contributed by atoms with van der Waals surface area (Å²) in [5, 5.41) is 9.62. The second-order valence-corrected chi connectivity index (χ2v) is 6.20. The predicted octanol–water partition coefficient (Wildman–Crippen LogP) is 1.91. The highest BCUT2D eigenvalue weighted by molar-refractivity contribution is 6.02. The minimum atomic E-state index is -0.579. The molecule has 1 fully saturated rings. The molecule has 0 saturated heterocycles. The van der Waals surface area contributed by atoms with Gasteiger partial charge in [0, 0.05) is 40.4 Å². The summed E-state index contributed by atoms with van der Waals surface area (Å²) in [5.41, 5.74) is 0.915. The van der Waals surface area contributed by atoms with Crippen LogP contribution in [-0.4, -0.2) is 63.0 Å². The van der Waals surface area contributed by atoms with Gasteiger partial charge in [0.15, 0.2) is 0 Å². The van der Waals surface area contributed by atoms with E-state index in [1.807, 2.05) is 0 Å². The van der Waals surface area contributed by atoms with Crippen LogP contribution in [0.4, 0.5) is 0 Å².